The first-order valence-electron chi connectivity index (χ1n) is 8.69. The summed E-state index contributed by atoms with van der Waals surface area (Å²) in [7, 11) is 0. The van der Waals surface area contributed by atoms with Gasteiger partial charge in [0.25, 0.3) is 0 Å². The van der Waals surface area contributed by atoms with Gasteiger partial charge in [-0.2, -0.15) is 0 Å². The molecule has 0 radical (unpaired) electrons. The molecule has 1 aliphatic heterocycles. The molecule has 2 spiro atoms. The van der Waals surface area contributed by atoms with Gasteiger partial charge in [-0.3, -0.25) is 4.99 Å². The van der Waals surface area contributed by atoms with Crippen molar-refractivity contribution in [1.82, 2.24) is 0 Å². The second-order valence-corrected chi connectivity index (χ2v) is 7.59. The van der Waals surface area contributed by atoms with Crippen molar-refractivity contribution in [1.29, 1.82) is 0 Å². The maximum atomic E-state index is 6.13. The van der Waals surface area contributed by atoms with E-state index in [-0.39, 0.29) is 12.8 Å². The van der Waals surface area contributed by atoms with E-state index in [9.17, 15) is 0 Å². The molecule has 1 unspecified atom stereocenters. The lowest BCUT2D eigenvalue weighted by Crippen LogP contribution is -2.44. The normalized spacial score (nSPS) is 28.4. The molecule has 2 N–H and O–H groups in total. The summed E-state index contributed by atoms with van der Waals surface area (Å²) in [6.07, 6.45) is 7.25. The number of amidine groups is 1. The molecule has 3 nitrogen and oxygen atoms in total. The lowest BCUT2D eigenvalue weighted by Gasteiger charge is -2.46. The van der Waals surface area contributed by atoms with Crippen molar-refractivity contribution in [2.45, 2.75) is 58.5 Å². The molecule has 1 heterocycles. The molecule has 0 saturated heterocycles. The standard InChI is InChI=1S/C20H21N3.CH4/c1-13-18(21)23-20(22-13)17-11-15(6-5-14-3-4-14)7-8-16(17)12-19(20)9-2-10-19;/h7-8,11,14H,2-4,9-10,12H2,1H3,(H2,21,23);1H4. The average Bonchev–Trinajstić information content (AvgIpc) is 3.22. The smallest absolute Gasteiger partial charge is 0.184 e. The molecule has 2 saturated carbocycles. The first-order valence-corrected chi connectivity index (χ1v) is 8.69. The monoisotopic (exact) mass is 319 g/mol. The zero-order valence-corrected chi connectivity index (χ0v) is 13.5. The third kappa shape index (κ3) is 1.92. The Balaban J connectivity index is 0.00000146. The predicted molar refractivity (Wildman–Crippen MR) is 99.2 cm³/mol. The van der Waals surface area contributed by atoms with E-state index >= 15 is 0 Å². The van der Waals surface area contributed by atoms with E-state index in [0.29, 0.717) is 11.8 Å². The predicted octanol–water partition coefficient (Wildman–Crippen LogP) is 3.80. The third-order valence-electron chi connectivity index (χ3n) is 6.04. The van der Waals surface area contributed by atoms with Gasteiger partial charge in [0.1, 0.15) is 5.84 Å². The topological polar surface area (TPSA) is 50.7 Å². The van der Waals surface area contributed by atoms with Crippen molar-refractivity contribution in [2.24, 2.45) is 27.1 Å². The molecule has 0 bridgehead atoms. The van der Waals surface area contributed by atoms with Gasteiger partial charge in [0, 0.05) is 22.5 Å². The van der Waals surface area contributed by atoms with Crippen LogP contribution in [-0.4, -0.2) is 11.5 Å². The second-order valence-electron chi connectivity index (χ2n) is 7.59. The van der Waals surface area contributed by atoms with E-state index in [4.69, 9.17) is 15.7 Å². The number of nitrogens with two attached hydrogens (primary N) is 1. The number of rotatable bonds is 0. The molecule has 0 aromatic heterocycles. The number of fused-ring (bicyclic) bond motifs is 3. The van der Waals surface area contributed by atoms with Crippen LogP contribution >= 0.6 is 0 Å². The second kappa shape index (κ2) is 4.96. The highest BCUT2D eigenvalue weighted by Crippen LogP contribution is 2.64. The minimum atomic E-state index is -0.466. The van der Waals surface area contributed by atoms with Gasteiger partial charge in [-0.15, -0.1) is 0 Å². The molecule has 24 heavy (non-hydrogen) atoms. The largest absolute Gasteiger partial charge is 0.382 e. The first kappa shape index (κ1) is 15.4. The number of aliphatic imine (C=N–C) groups is 2. The van der Waals surface area contributed by atoms with Gasteiger partial charge >= 0.3 is 0 Å². The van der Waals surface area contributed by atoms with Gasteiger partial charge < -0.3 is 5.73 Å². The number of hydrogen-bond donors (Lipinski definition) is 1. The van der Waals surface area contributed by atoms with Crippen LogP contribution in [0, 0.1) is 23.2 Å². The molecule has 4 aliphatic rings. The summed E-state index contributed by atoms with van der Waals surface area (Å²) >= 11 is 0. The van der Waals surface area contributed by atoms with Gasteiger partial charge in [0.05, 0.1) is 5.71 Å². The maximum absolute atomic E-state index is 6.13. The maximum Gasteiger partial charge on any atom is 0.184 e. The Hall–Kier alpha value is -2.08. The van der Waals surface area contributed by atoms with Gasteiger partial charge in [-0.1, -0.05) is 31.8 Å². The summed E-state index contributed by atoms with van der Waals surface area (Å²) in [6.45, 7) is 1.98. The Kier molecular flexibility index (Phi) is 3.19. The van der Waals surface area contributed by atoms with Crippen molar-refractivity contribution in [2.75, 3.05) is 0 Å². The van der Waals surface area contributed by atoms with E-state index in [1.807, 2.05) is 6.92 Å². The van der Waals surface area contributed by atoms with Crippen LogP contribution in [0.15, 0.2) is 28.2 Å². The van der Waals surface area contributed by atoms with Crippen LogP contribution < -0.4 is 5.73 Å². The molecule has 124 valence electrons. The molecule has 3 aliphatic carbocycles. The Morgan fingerprint density at radius 1 is 1.21 bits per heavy atom. The number of benzene rings is 1. The van der Waals surface area contributed by atoms with Crippen molar-refractivity contribution in [3.05, 3.63) is 34.9 Å². The molecule has 1 aromatic rings. The minimum Gasteiger partial charge on any atom is -0.382 e. The van der Waals surface area contributed by atoms with Crippen LogP contribution in [0.4, 0.5) is 0 Å². The lowest BCUT2D eigenvalue weighted by molar-refractivity contribution is 0.0474. The molecule has 5 rings (SSSR count). The highest BCUT2D eigenvalue weighted by molar-refractivity contribution is 6.41. The van der Waals surface area contributed by atoms with E-state index in [2.05, 4.69) is 30.0 Å². The summed E-state index contributed by atoms with van der Waals surface area (Å²) < 4.78 is 0. The van der Waals surface area contributed by atoms with Crippen molar-refractivity contribution < 1.29 is 0 Å². The zero-order valence-electron chi connectivity index (χ0n) is 13.5. The Labute approximate surface area is 144 Å². The summed E-state index contributed by atoms with van der Waals surface area (Å²) in [5.41, 5.74) is 10.4. The van der Waals surface area contributed by atoms with Crippen molar-refractivity contribution in [3.63, 3.8) is 0 Å². The summed E-state index contributed by atoms with van der Waals surface area (Å²) in [4.78, 5) is 9.91. The van der Waals surface area contributed by atoms with E-state index in [1.54, 1.807) is 0 Å². The fourth-order valence-corrected chi connectivity index (χ4v) is 4.39. The summed E-state index contributed by atoms with van der Waals surface area (Å²) in [5, 5.41) is 0. The number of hydrogen-bond acceptors (Lipinski definition) is 3. The Morgan fingerprint density at radius 3 is 2.58 bits per heavy atom. The van der Waals surface area contributed by atoms with Crippen molar-refractivity contribution in [3.8, 4) is 11.8 Å². The molecule has 1 atom stereocenters. The lowest BCUT2D eigenvalue weighted by atomic mass is 9.61. The van der Waals surface area contributed by atoms with E-state index in [0.717, 1.165) is 17.7 Å². The highest BCUT2D eigenvalue weighted by atomic mass is 15.2. The van der Waals surface area contributed by atoms with Gasteiger partial charge in [-0.25, -0.2) is 4.99 Å². The van der Waals surface area contributed by atoms with Gasteiger partial charge in [0.15, 0.2) is 5.66 Å². The molecular formula is C21H25N3. The van der Waals surface area contributed by atoms with Crippen LogP contribution in [-0.2, 0) is 12.1 Å². The quantitative estimate of drug-likeness (QED) is 0.727. The Morgan fingerprint density at radius 2 is 2.00 bits per heavy atom. The van der Waals surface area contributed by atoms with Crippen LogP contribution in [0.25, 0.3) is 0 Å². The van der Waals surface area contributed by atoms with Crippen molar-refractivity contribution >= 4 is 11.5 Å². The summed E-state index contributed by atoms with van der Waals surface area (Å²) in [5.74, 6) is 7.94. The summed E-state index contributed by atoms with van der Waals surface area (Å²) in [6, 6.07) is 6.64. The average molecular weight is 319 g/mol. The minimum absolute atomic E-state index is 0. The third-order valence-corrected chi connectivity index (χ3v) is 6.04. The van der Waals surface area contributed by atoms with Crippen LogP contribution in [0.1, 0.15) is 63.1 Å². The van der Waals surface area contributed by atoms with Crippen LogP contribution in [0.5, 0.6) is 0 Å². The molecule has 0 amide bonds. The fraction of sp³-hybridized carbons (Fsp3) is 0.524. The van der Waals surface area contributed by atoms with E-state index < -0.39 is 5.66 Å². The van der Waals surface area contributed by atoms with Gasteiger partial charge in [-0.05, 0) is 56.7 Å². The van der Waals surface area contributed by atoms with Crippen LogP contribution in [0.2, 0.25) is 0 Å². The zero-order chi connectivity index (χ0) is 15.7. The molecule has 2 fully saturated rings. The highest BCUT2D eigenvalue weighted by Gasteiger charge is 2.62. The van der Waals surface area contributed by atoms with Crippen LogP contribution in [0.3, 0.4) is 0 Å². The Bertz CT molecular complexity index is 808. The fourth-order valence-electron chi connectivity index (χ4n) is 4.39. The first-order chi connectivity index (χ1) is 11.1. The SMILES string of the molecule is C.CC1=NC2(N=C1N)c1cc(C#CC3CC3)ccc1CC21CCC1. The number of nitrogens with zero attached hydrogens (tertiary/aromatic N) is 2. The molecule has 3 heteroatoms. The molecular weight excluding hydrogens is 294 g/mol. The molecule has 1 aromatic carbocycles. The van der Waals surface area contributed by atoms with E-state index in [1.165, 1.54) is 43.2 Å². The van der Waals surface area contributed by atoms with Gasteiger partial charge in [0.2, 0.25) is 0 Å².